The lowest BCUT2D eigenvalue weighted by Gasteiger charge is -2.29. The van der Waals surface area contributed by atoms with Crippen molar-refractivity contribution in [3.8, 4) is 0 Å². The Bertz CT molecular complexity index is 135. The maximum Gasteiger partial charge on any atom is 0.121 e. The average Bonchev–Trinajstić information content (AvgIpc) is 2.15. The van der Waals surface area contributed by atoms with Gasteiger partial charge in [0, 0.05) is 12.0 Å². The molecule has 1 heterocycles. The van der Waals surface area contributed by atoms with Gasteiger partial charge in [-0.25, -0.2) is 0 Å². The number of hydrogen-bond acceptors (Lipinski definition) is 2. The molecule has 1 aliphatic rings. The third-order valence-electron chi connectivity index (χ3n) is 2.65. The molecule has 0 N–H and O–H groups in total. The van der Waals surface area contributed by atoms with Gasteiger partial charge in [-0.1, -0.05) is 0 Å². The number of nitrogens with zero attached hydrogens (tertiary/aromatic N) is 1. The van der Waals surface area contributed by atoms with E-state index < -0.39 is 0 Å². The molecule has 0 saturated carbocycles. The molecule has 1 saturated heterocycles. The van der Waals surface area contributed by atoms with E-state index in [0.29, 0.717) is 6.42 Å². The molecule has 0 aromatic rings. The normalized spacial score (nSPS) is 34.6. The van der Waals surface area contributed by atoms with Crippen LogP contribution in [0.1, 0.15) is 26.2 Å². The third-order valence-corrected chi connectivity index (χ3v) is 2.65. The molecule has 2 heteroatoms. The van der Waals surface area contributed by atoms with Gasteiger partial charge in [-0.2, -0.15) is 0 Å². The Morgan fingerprint density at radius 1 is 1.70 bits per heavy atom. The maximum absolute atomic E-state index is 10.3. The van der Waals surface area contributed by atoms with Crippen molar-refractivity contribution in [2.75, 3.05) is 13.6 Å². The van der Waals surface area contributed by atoms with Crippen molar-refractivity contribution in [1.82, 2.24) is 4.90 Å². The fourth-order valence-electron chi connectivity index (χ4n) is 1.60. The fraction of sp³-hybridized carbons (Fsp3) is 0.875. The quantitative estimate of drug-likeness (QED) is 0.536. The lowest BCUT2D eigenvalue weighted by molar-refractivity contribution is -0.109. The summed E-state index contributed by atoms with van der Waals surface area (Å²) in [6.45, 7) is 3.30. The van der Waals surface area contributed by atoms with Crippen LogP contribution in [0, 0.1) is 0 Å². The third kappa shape index (κ3) is 1.21. The minimum atomic E-state index is 0.168. The van der Waals surface area contributed by atoms with E-state index in [1.165, 1.54) is 12.8 Å². The molecule has 1 unspecified atom stereocenters. The van der Waals surface area contributed by atoms with Crippen molar-refractivity contribution in [1.29, 1.82) is 0 Å². The first-order valence-corrected chi connectivity index (χ1v) is 3.84. The van der Waals surface area contributed by atoms with Gasteiger partial charge < -0.3 is 9.69 Å². The van der Waals surface area contributed by atoms with Crippen molar-refractivity contribution in [3.05, 3.63) is 0 Å². The molecule has 58 valence electrons. The van der Waals surface area contributed by atoms with Gasteiger partial charge in [0.15, 0.2) is 0 Å². The van der Waals surface area contributed by atoms with E-state index in [4.69, 9.17) is 0 Å². The predicted molar refractivity (Wildman–Crippen MR) is 41.0 cm³/mol. The zero-order valence-corrected chi connectivity index (χ0v) is 6.76. The first-order valence-electron chi connectivity index (χ1n) is 3.84. The second-order valence-corrected chi connectivity index (χ2v) is 3.39. The van der Waals surface area contributed by atoms with Crippen molar-refractivity contribution in [2.24, 2.45) is 0 Å². The smallest absolute Gasteiger partial charge is 0.121 e. The largest absolute Gasteiger partial charge is 0.303 e. The van der Waals surface area contributed by atoms with Gasteiger partial charge in [0.1, 0.15) is 6.29 Å². The number of aldehydes is 1. The number of hydrogen-bond donors (Lipinski definition) is 0. The summed E-state index contributed by atoms with van der Waals surface area (Å²) in [7, 11) is 2.09. The van der Waals surface area contributed by atoms with Crippen LogP contribution in [-0.2, 0) is 4.79 Å². The molecule has 0 amide bonds. The summed E-state index contributed by atoms with van der Waals surface area (Å²) in [6, 6.07) is 0. The SMILES string of the molecule is CN1CCCC1(C)CC=O. The highest BCUT2D eigenvalue weighted by atomic mass is 16.1. The van der Waals surface area contributed by atoms with Crippen LogP contribution in [0.4, 0.5) is 0 Å². The summed E-state index contributed by atoms with van der Waals surface area (Å²) >= 11 is 0. The van der Waals surface area contributed by atoms with Gasteiger partial charge in [-0.15, -0.1) is 0 Å². The van der Waals surface area contributed by atoms with Crippen LogP contribution in [0.2, 0.25) is 0 Å². The van der Waals surface area contributed by atoms with E-state index in [1.54, 1.807) is 0 Å². The molecule has 0 aromatic carbocycles. The minimum Gasteiger partial charge on any atom is -0.303 e. The van der Waals surface area contributed by atoms with Crippen molar-refractivity contribution < 1.29 is 4.79 Å². The summed E-state index contributed by atoms with van der Waals surface area (Å²) in [6.07, 6.45) is 4.12. The summed E-state index contributed by atoms with van der Waals surface area (Å²) < 4.78 is 0. The molecule has 0 spiro atoms. The highest BCUT2D eigenvalue weighted by Gasteiger charge is 2.32. The molecular weight excluding hydrogens is 126 g/mol. The number of carbonyl (C=O) groups is 1. The first kappa shape index (κ1) is 7.73. The topological polar surface area (TPSA) is 20.3 Å². The zero-order valence-electron chi connectivity index (χ0n) is 6.76. The van der Waals surface area contributed by atoms with Gasteiger partial charge >= 0.3 is 0 Å². The van der Waals surface area contributed by atoms with E-state index in [9.17, 15) is 4.79 Å². The van der Waals surface area contributed by atoms with E-state index in [0.717, 1.165) is 12.8 Å². The van der Waals surface area contributed by atoms with Crippen molar-refractivity contribution in [2.45, 2.75) is 31.7 Å². The van der Waals surface area contributed by atoms with Crippen molar-refractivity contribution >= 4 is 6.29 Å². The van der Waals surface area contributed by atoms with Gasteiger partial charge in [-0.05, 0) is 33.4 Å². The zero-order chi connectivity index (χ0) is 7.61. The van der Waals surface area contributed by atoms with Crippen molar-refractivity contribution in [3.63, 3.8) is 0 Å². The van der Waals surface area contributed by atoms with E-state index in [2.05, 4.69) is 18.9 Å². The Hall–Kier alpha value is -0.370. The molecule has 2 nitrogen and oxygen atoms in total. The summed E-state index contributed by atoms with van der Waals surface area (Å²) in [5.41, 5.74) is 0.168. The monoisotopic (exact) mass is 141 g/mol. The maximum atomic E-state index is 10.3. The number of rotatable bonds is 2. The predicted octanol–water partition coefficient (Wildman–Crippen LogP) is 1.06. The van der Waals surface area contributed by atoms with Crippen LogP contribution in [0.5, 0.6) is 0 Å². The Morgan fingerprint density at radius 3 is 2.80 bits per heavy atom. The van der Waals surface area contributed by atoms with Crippen LogP contribution in [0.25, 0.3) is 0 Å². The highest BCUT2D eigenvalue weighted by Crippen LogP contribution is 2.29. The van der Waals surface area contributed by atoms with E-state index in [-0.39, 0.29) is 5.54 Å². The van der Waals surface area contributed by atoms with Gasteiger partial charge in [0.2, 0.25) is 0 Å². The molecular formula is C8H15NO. The molecule has 1 rings (SSSR count). The molecule has 0 aliphatic carbocycles. The molecule has 0 aromatic heterocycles. The average molecular weight is 141 g/mol. The molecule has 10 heavy (non-hydrogen) atoms. The summed E-state index contributed by atoms with van der Waals surface area (Å²) in [5, 5.41) is 0. The Morgan fingerprint density at radius 2 is 2.40 bits per heavy atom. The van der Waals surface area contributed by atoms with E-state index in [1.807, 2.05) is 0 Å². The molecule has 1 atom stereocenters. The van der Waals surface area contributed by atoms with Gasteiger partial charge in [-0.3, -0.25) is 0 Å². The van der Waals surface area contributed by atoms with Gasteiger partial charge in [0.05, 0.1) is 0 Å². The number of carbonyl (C=O) groups excluding carboxylic acids is 1. The standard InChI is InChI=1S/C8H15NO/c1-8(5-7-10)4-3-6-9(8)2/h7H,3-6H2,1-2H3. The minimum absolute atomic E-state index is 0.168. The summed E-state index contributed by atoms with van der Waals surface area (Å²) in [5.74, 6) is 0. The fourth-order valence-corrected chi connectivity index (χ4v) is 1.60. The number of likely N-dealkylation sites (tertiary alicyclic amines) is 1. The first-order chi connectivity index (χ1) is 4.69. The Labute approximate surface area is 62.2 Å². The summed E-state index contributed by atoms with van der Waals surface area (Å²) in [4.78, 5) is 12.6. The second-order valence-electron chi connectivity index (χ2n) is 3.39. The Balaban J connectivity index is 2.56. The molecule has 0 radical (unpaired) electrons. The van der Waals surface area contributed by atoms with Gasteiger partial charge in [0.25, 0.3) is 0 Å². The Kier molecular flexibility index (Phi) is 2.09. The van der Waals surface area contributed by atoms with Crippen LogP contribution in [0.15, 0.2) is 0 Å². The lowest BCUT2D eigenvalue weighted by Crippen LogP contribution is -2.38. The van der Waals surface area contributed by atoms with Crippen LogP contribution in [-0.4, -0.2) is 30.3 Å². The lowest BCUT2D eigenvalue weighted by atomic mass is 9.96. The van der Waals surface area contributed by atoms with Crippen LogP contribution < -0.4 is 0 Å². The van der Waals surface area contributed by atoms with Crippen LogP contribution >= 0.6 is 0 Å². The molecule has 0 bridgehead atoms. The molecule has 1 aliphatic heterocycles. The molecule has 1 fully saturated rings. The van der Waals surface area contributed by atoms with Crippen LogP contribution in [0.3, 0.4) is 0 Å². The second kappa shape index (κ2) is 2.70. The van der Waals surface area contributed by atoms with E-state index >= 15 is 0 Å². The highest BCUT2D eigenvalue weighted by molar-refractivity contribution is 5.51.